The lowest BCUT2D eigenvalue weighted by Gasteiger charge is -2.33. The van der Waals surface area contributed by atoms with Crippen LogP contribution in [0.15, 0.2) is 42.5 Å². The molecule has 1 atom stereocenters. The van der Waals surface area contributed by atoms with E-state index in [1.54, 1.807) is 6.07 Å². The summed E-state index contributed by atoms with van der Waals surface area (Å²) in [4.78, 5) is 14.1. The molecule has 0 saturated carbocycles. The molecule has 5 heteroatoms. The smallest absolute Gasteiger partial charge is 0.269 e. The molecule has 3 rings (SSSR count). The summed E-state index contributed by atoms with van der Waals surface area (Å²) >= 11 is 0. The summed E-state index contributed by atoms with van der Waals surface area (Å²) < 4.78 is 5.80. The molecule has 0 bridgehead atoms. The van der Waals surface area contributed by atoms with Gasteiger partial charge in [0.2, 0.25) is 0 Å². The highest BCUT2D eigenvalue weighted by Crippen LogP contribution is 2.37. The SMILES string of the molecule is Cc1ccccc1CC1Oc2cc(O)ccc2N(CC#N)C1=O. The number of hydrogen-bond acceptors (Lipinski definition) is 4. The molecule has 0 aliphatic carbocycles. The molecule has 1 aliphatic rings. The molecular weight excluding hydrogens is 292 g/mol. The predicted molar refractivity (Wildman–Crippen MR) is 85.4 cm³/mol. The van der Waals surface area contributed by atoms with Crippen LogP contribution in [0.25, 0.3) is 0 Å². The van der Waals surface area contributed by atoms with E-state index < -0.39 is 6.10 Å². The summed E-state index contributed by atoms with van der Waals surface area (Å²) in [5, 5.41) is 18.6. The van der Waals surface area contributed by atoms with E-state index in [0.29, 0.717) is 17.9 Å². The van der Waals surface area contributed by atoms with Crippen LogP contribution in [0.5, 0.6) is 11.5 Å². The van der Waals surface area contributed by atoms with Crippen molar-refractivity contribution < 1.29 is 14.6 Å². The first-order valence-corrected chi connectivity index (χ1v) is 7.32. The molecule has 23 heavy (non-hydrogen) atoms. The largest absolute Gasteiger partial charge is 0.508 e. The van der Waals surface area contributed by atoms with E-state index in [0.717, 1.165) is 11.1 Å². The second-order valence-electron chi connectivity index (χ2n) is 5.47. The first-order valence-electron chi connectivity index (χ1n) is 7.32. The molecule has 1 aliphatic heterocycles. The highest BCUT2D eigenvalue weighted by molar-refractivity contribution is 6.00. The summed E-state index contributed by atoms with van der Waals surface area (Å²) in [6, 6.07) is 14.3. The quantitative estimate of drug-likeness (QED) is 0.884. The lowest BCUT2D eigenvalue weighted by atomic mass is 10.0. The van der Waals surface area contributed by atoms with Gasteiger partial charge in [0.25, 0.3) is 5.91 Å². The number of carbonyl (C=O) groups is 1. The second-order valence-corrected chi connectivity index (χ2v) is 5.47. The minimum absolute atomic E-state index is 0.0513. The number of phenols is 1. The van der Waals surface area contributed by atoms with Crippen LogP contribution in [0, 0.1) is 18.3 Å². The monoisotopic (exact) mass is 308 g/mol. The van der Waals surface area contributed by atoms with Gasteiger partial charge in [0.1, 0.15) is 18.0 Å². The second kappa shape index (κ2) is 6.01. The third-order valence-electron chi connectivity index (χ3n) is 3.94. The van der Waals surface area contributed by atoms with E-state index in [-0.39, 0.29) is 18.2 Å². The van der Waals surface area contributed by atoms with E-state index in [4.69, 9.17) is 10.00 Å². The Kier molecular flexibility index (Phi) is 3.90. The number of anilines is 1. The summed E-state index contributed by atoms with van der Waals surface area (Å²) in [7, 11) is 0. The number of aromatic hydroxyl groups is 1. The first kappa shape index (κ1) is 14.9. The number of rotatable bonds is 3. The van der Waals surface area contributed by atoms with Crippen molar-refractivity contribution in [1.82, 2.24) is 0 Å². The molecule has 116 valence electrons. The Morgan fingerprint density at radius 1 is 1.30 bits per heavy atom. The fourth-order valence-corrected chi connectivity index (χ4v) is 2.72. The van der Waals surface area contributed by atoms with Gasteiger partial charge in [0.15, 0.2) is 6.10 Å². The maximum Gasteiger partial charge on any atom is 0.269 e. The number of hydrogen-bond donors (Lipinski definition) is 1. The van der Waals surface area contributed by atoms with Gasteiger partial charge >= 0.3 is 0 Å². The van der Waals surface area contributed by atoms with Gasteiger partial charge in [-0.25, -0.2) is 0 Å². The third kappa shape index (κ3) is 2.84. The molecule has 0 saturated heterocycles. The summed E-state index contributed by atoms with van der Waals surface area (Å²) in [6.45, 7) is 1.93. The number of aryl methyl sites for hydroxylation is 1. The van der Waals surface area contributed by atoms with Crippen molar-refractivity contribution in [1.29, 1.82) is 5.26 Å². The van der Waals surface area contributed by atoms with Crippen molar-refractivity contribution in [3.05, 3.63) is 53.6 Å². The van der Waals surface area contributed by atoms with Crippen LogP contribution in [0.4, 0.5) is 5.69 Å². The molecule has 0 aromatic heterocycles. The molecular formula is C18H16N2O3. The van der Waals surface area contributed by atoms with Crippen molar-refractivity contribution in [2.24, 2.45) is 0 Å². The Morgan fingerprint density at radius 3 is 2.83 bits per heavy atom. The van der Waals surface area contributed by atoms with Crippen LogP contribution in [0.2, 0.25) is 0 Å². The van der Waals surface area contributed by atoms with Crippen molar-refractivity contribution in [2.45, 2.75) is 19.4 Å². The third-order valence-corrected chi connectivity index (χ3v) is 3.94. The maximum absolute atomic E-state index is 12.7. The number of phenolic OH excluding ortho intramolecular Hbond substituents is 1. The van der Waals surface area contributed by atoms with Crippen LogP contribution < -0.4 is 9.64 Å². The van der Waals surface area contributed by atoms with Crippen molar-refractivity contribution >= 4 is 11.6 Å². The summed E-state index contributed by atoms with van der Waals surface area (Å²) in [5.74, 6) is 0.232. The van der Waals surface area contributed by atoms with Gasteiger partial charge in [-0.05, 0) is 30.2 Å². The topological polar surface area (TPSA) is 73.6 Å². The molecule has 1 N–H and O–H groups in total. The zero-order valence-corrected chi connectivity index (χ0v) is 12.7. The van der Waals surface area contributed by atoms with Crippen molar-refractivity contribution in [3.8, 4) is 17.6 Å². The molecule has 0 spiro atoms. The van der Waals surface area contributed by atoms with Crippen molar-refractivity contribution in [3.63, 3.8) is 0 Å². The molecule has 1 unspecified atom stereocenters. The average Bonchev–Trinajstić information content (AvgIpc) is 2.53. The summed E-state index contributed by atoms with van der Waals surface area (Å²) in [5.41, 5.74) is 2.61. The molecule has 2 aromatic rings. The van der Waals surface area contributed by atoms with Gasteiger partial charge in [0, 0.05) is 12.5 Å². The zero-order valence-electron chi connectivity index (χ0n) is 12.7. The minimum Gasteiger partial charge on any atom is -0.508 e. The number of benzene rings is 2. The lowest BCUT2D eigenvalue weighted by Crippen LogP contribution is -2.47. The standard InChI is InChI=1S/C18H16N2O3/c1-12-4-2-3-5-13(12)10-17-18(22)20(9-8-19)15-7-6-14(21)11-16(15)23-17/h2-7,11,17,21H,9-10H2,1H3. The number of ether oxygens (including phenoxy) is 1. The Labute approximate surface area is 134 Å². The van der Waals surface area contributed by atoms with Crippen LogP contribution in [-0.2, 0) is 11.2 Å². The Balaban J connectivity index is 1.95. The number of nitriles is 1. The van der Waals surface area contributed by atoms with Crippen LogP contribution in [0.3, 0.4) is 0 Å². The number of amides is 1. The summed E-state index contributed by atoms with van der Waals surface area (Å²) in [6.07, 6.45) is -0.290. The number of carbonyl (C=O) groups excluding carboxylic acids is 1. The van der Waals surface area contributed by atoms with Gasteiger partial charge in [-0.3, -0.25) is 9.69 Å². The van der Waals surface area contributed by atoms with Crippen LogP contribution in [-0.4, -0.2) is 23.7 Å². The minimum atomic E-state index is -0.709. The molecule has 5 nitrogen and oxygen atoms in total. The highest BCUT2D eigenvalue weighted by Gasteiger charge is 2.34. The average molecular weight is 308 g/mol. The lowest BCUT2D eigenvalue weighted by molar-refractivity contribution is -0.126. The van der Waals surface area contributed by atoms with E-state index in [1.807, 2.05) is 37.3 Å². The first-order chi connectivity index (χ1) is 11.1. The van der Waals surface area contributed by atoms with E-state index >= 15 is 0 Å². The Hall–Kier alpha value is -3.00. The highest BCUT2D eigenvalue weighted by atomic mass is 16.5. The Morgan fingerprint density at radius 2 is 2.09 bits per heavy atom. The van der Waals surface area contributed by atoms with Gasteiger partial charge in [-0.1, -0.05) is 24.3 Å². The molecule has 2 aromatic carbocycles. The van der Waals surface area contributed by atoms with E-state index in [1.165, 1.54) is 17.0 Å². The normalized spacial score (nSPS) is 16.4. The van der Waals surface area contributed by atoms with Crippen molar-refractivity contribution in [2.75, 3.05) is 11.4 Å². The van der Waals surface area contributed by atoms with Gasteiger partial charge in [0.05, 0.1) is 11.8 Å². The molecule has 1 amide bonds. The van der Waals surface area contributed by atoms with Crippen LogP contribution >= 0.6 is 0 Å². The molecule has 0 fully saturated rings. The van der Waals surface area contributed by atoms with Gasteiger partial charge in [-0.2, -0.15) is 5.26 Å². The van der Waals surface area contributed by atoms with Gasteiger partial charge in [-0.15, -0.1) is 0 Å². The van der Waals surface area contributed by atoms with E-state index in [9.17, 15) is 9.90 Å². The zero-order chi connectivity index (χ0) is 16.4. The number of fused-ring (bicyclic) bond motifs is 1. The fourth-order valence-electron chi connectivity index (χ4n) is 2.72. The fraction of sp³-hybridized carbons (Fsp3) is 0.222. The van der Waals surface area contributed by atoms with Crippen LogP contribution in [0.1, 0.15) is 11.1 Å². The predicted octanol–water partition coefficient (Wildman–Crippen LogP) is 2.56. The molecule has 1 heterocycles. The van der Waals surface area contributed by atoms with E-state index in [2.05, 4.69) is 0 Å². The van der Waals surface area contributed by atoms with Gasteiger partial charge < -0.3 is 9.84 Å². The number of nitrogens with zero attached hydrogens (tertiary/aromatic N) is 2. The Bertz CT molecular complexity index is 795. The maximum atomic E-state index is 12.7. The molecule has 0 radical (unpaired) electrons.